The molecule has 0 unspecified atom stereocenters. The van der Waals surface area contributed by atoms with Gasteiger partial charge in [0, 0.05) is 10.7 Å². The van der Waals surface area contributed by atoms with Gasteiger partial charge in [-0.3, -0.25) is 9.48 Å². The first-order valence-corrected chi connectivity index (χ1v) is 10.8. The summed E-state index contributed by atoms with van der Waals surface area (Å²) in [7, 11) is 0. The molecule has 4 aromatic rings. The van der Waals surface area contributed by atoms with Crippen LogP contribution in [0.15, 0.2) is 30.3 Å². The van der Waals surface area contributed by atoms with Gasteiger partial charge in [0.25, 0.3) is 0 Å². The molecule has 178 valence electrons. The lowest BCUT2D eigenvalue weighted by molar-refractivity contribution is -0.136. The first kappa shape index (κ1) is 23.7. The highest BCUT2D eigenvalue weighted by atomic mass is 35.5. The van der Waals surface area contributed by atoms with Crippen LogP contribution in [0.5, 0.6) is 0 Å². The molecule has 0 saturated carbocycles. The molecule has 3 heterocycles. The van der Waals surface area contributed by atoms with E-state index in [9.17, 15) is 18.0 Å². The molecule has 1 aromatic carbocycles. The lowest BCUT2D eigenvalue weighted by Gasteiger charge is -2.10. The summed E-state index contributed by atoms with van der Waals surface area (Å²) in [4.78, 5) is 17.1. The molecule has 0 aliphatic rings. The number of rotatable bonds is 5. The zero-order valence-corrected chi connectivity index (χ0v) is 19.7. The molecule has 1 amide bonds. The van der Waals surface area contributed by atoms with Crippen LogP contribution in [0.2, 0.25) is 5.02 Å². The Hall–Kier alpha value is -3.40. The highest BCUT2D eigenvalue weighted by Gasteiger charge is 2.35. The summed E-state index contributed by atoms with van der Waals surface area (Å²) >= 11 is 6.06. The predicted molar refractivity (Wildman–Crippen MR) is 123 cm³/mol. The second-order valence-corrected chi connectivity index (χ2v) is 8.57. The topological polar surface area (TPSA) is 77.6 Å². The second-order valence-electron chi connectivity index (χ2n) is 8.13. The summed E-state index contributed by atoms with van der Waals surface area (Å²) in [5.41, 5.74) is 2.40. The van der Waals surface area contributed by atoms with Gasteiger partial charge in [-0.05, 0) is 51.5 Å². The third-order valence-corrected chi connectivity index (χ3v) is 5.71. The van der Waals surface area contributed by atoms with Crippen molar-refractivity contribution in [2.24, 2.45) is 0 Å². The zero-order chi connectivity index (χ0) is 24.8. The predicted octanol–water partition coefficient (Wildman–Crippen LogP) is 5.22. The summed E-state index contributed by atoms with van der Waals surface area (Å²) in [5.74, 6) is -0.449. The Labute approximate surface area is 198 Å². The van der Waals surface area contributed by atoms with Crippen LogP contribution in [0.4, 0.5) is 18.9 Å². The zero-order valence-electron chi connectivity index (χ0n) is 19.0. The second kappa shape index (κ2) is 8.75. The number of alkyl halides is 3. The Kier molecular flexibility index (Phi) is 6.11. The van der Waals surface area contributed by atoms with Crippen molar-refractivity contribution in [3.05, 3.63) is 69.3 Å². The number of nitrogens with one attached hydrogen (secondary N) is 1. The lowest BCUT2D eigenvalue weighted by Crippen LogP contribution is -2.20. The number of amides is 1. The number of anilines is 1. The van der Waals surface area contributed by atoms with E-state index in [1.165, 1.54) is 18.5 Å². The van der Waals surface area contributed by atoms with Crippen molar-refractivity contribution in [3.8, 4) is 0 Å². The van der Waals surface area contributed by atoms with Gasteiger partial charge in [0.05, 0.1) is 40.3 Å². The fourth-order valence-corrected chi connectivity index (χ4v) is 4.18. The summed E-state index contributed by atoms with van der Waals surface area (Å²) in [6.07, 6.45) is -4.56. The molecule has 34 heavy (non-hydrogen) atoms. The van der Waals surface area contributed by atoms with E-state index >= 15 is 0 Å². The summed E-state index contributed by atoms with van der Waals surface area (Å²) in [5, 5.41) is 12.0. The lowest BCUT2D eigenvalue weighted by atomic mass is 10.1. The molecule has 0 atom stereocenters. The molecule has 7 nitrogen and oxygen atoms in total. The average molecular weight is 491 g/mol. The van der Waals surface area contributed by atoms with Crippen LogP contribution in [0.25, 0.3) is 11.0 Å². The minimum Gasteiger partial charge on any atom is -0.321 e. The smallest absolute Gasteiger partial charge is 0.321 e. The summed E-state index contributed by atoms with van der Waals surface area (Å²) in [6, 6.07) is 8.39. The molecule has 0 aliphatic heterocycles. The van der Waals surface area contributed by atoms with E-state index in [1.807, 2.05) is 25.1 Å². The van der Waals surface area contributed by atoms with Gasteiger partial charge in [0.2, 0.25) is 5.91 Å². The van der Waals surface area contributed by atoms with E-state index in [0.29, 0.717) is 22.9 Å². The number of fused-ring (bicyclic) bond motifs is 1. The third kappa shape index (κ3) is 4.63. The summed E-state index contributed by atoms with van der Waals surface area (Å²) < 4.78 is 43.6. The van der Waals surface area contributed by atoms with Crippen LogP contribution < -0.4 is 5.32 Å². The van der Waals surface area contributed by atoms with Gasteiger partial charge in [-0.15, -0.1) is 0 Å². The SMILES string of the molecule is Cc1cc(C(F)(F)F)c2c(C)nn(CC(=O)Nc3c(C)nn(Cc4cccc(Cl)c4)c3C)c2n1. The van der Waals surface area contributed by atoms with Crippen LogP contribution in [-0.2, 0) is 24.1 Å². The van der Waals surface area contributed by atoms with Gasteiger partial charge >= 0.3 is 6.18 Å². The number of aryl methyl sites for hydroxylation is 3. The molecule has 1 N–H and O–H groups in total. The van der Waals surface area contributed by atoms with Gasteiger partial charge in [0.15, 0.2) is 5.65 Å². The minimum atomic E-state index is -4.56. The maximum absolute atomic E-state index is 13.5. The molecular weight excluding hydrogens is 469 g/mol. The van der Waals surface area contributed by atoms with E-state index in [4.69, 9.17) is 11.6 Å². The van der Waals surface area contributed by atoms with E-state index in [-0.39, 0.29) is 29.0 Å². The fourth-order valence-electron chi connectivity index (χ4n) is 3.97. The molecule has 0 spiro atoms. The third-order valence-electron chi connectivity index (χ3n) is 5.47. The number of aromatic nitrogens is 5. The number of carbonyl (C=O) groups excluding carboxylic acids is 1. The largest absolute Gasteiger partial charge is 0.417 e. The van der Waals surface area contributed by atoms with Gasteiger partial charge in [0.1, 0.15) is 6.54 Å². The fraction of sp³-hybridized carbons (Fsp3) is 0.304. The van der Waals surface area contributed by atoms with Crippen LogP contribution in [0, 0.1) is 27.7 Å². The minimum absolute atomic E-state index is 0.0186. The molecule has 0 saturated heterocycles. The molecule has 0 fully saturated rings. The Balaban J connectivity index is 1.59. The number of nitrogens with zero attached hydrogens (tertiary/aromatic N) is 5. The van der Waals surface area contributed by atoms with E-state index in [0.717, 1.165) is 17.3 Å². The number of hydrogen-bond donors (Lipinski definition) is 1. The van der Waals surface area contributed by atoms with Crippen molar-refractivity contribution in [2.75, 3.05) is 5.32 Å². The highest BCUT2D eigenvalue weighted by Crippen LogP contribution is 2.36. The first-order chi connectivity index (χ1) is 15.9. The van der Waals surface area contributed by atoms with Gasteiger partial charge < -0.3 is 5.32 Å². The number of halogens is 4. The Morgan fingerprint density at radius 3 is 2.44 bits per heavy atom. The highest BCUT2D eigenvalue weighted by molar-refractivity contribution is 6.30. The van der Waals surface area contributed by atoms with E-state index in [2.05, 4.69) is 20.5 Å². The number of carbonyl (C=O) groups is 1. The molecule has 0 aliphatic carbocycles. The Morgan fingerprint density at radius 2 is 1.76 bits per heavy atom. The maximum Gasteiger partial charge on any atom is 0.417 e. The van der Waals surface area contributed by atoms with Gasteiger partial charge in [-0.25, -0.2) is 9.67 Å². The Morgan fingerprint density at radius 1 is 1.06 bits per heavy atom. The van der Waals surface area contributed by atoms with Gasteiger partial charge in [-0.2, -0.15) is 23.4 Å². The average Bonchev–Trinajstić information content (AvgIpc) is 3.17. The Bertz CT molecular complexity index is 1410. The normalized spacial score (nSPS) is 11.9. The molecule has 0 radical (unpaired) electrons. The van der Waals surface area contributed by atoms with Crippen LogP contribution in [-0.4, -0.2) is 30.5 Å². The van der Waals surface area contributed by atoms with Crippen LogP contribution in [0.3, 0.4) is 0 Å². The molecule has 0 bridgehead atoms. The summed E-state index contributed by atoms with van der Waals surface area (Å²) in [6.45, 7) is 6.71. The van der Waals surface area contributed by atoms with Crippen molar-refractivity contribution in [1.82, 2.24) is 24.5 Å². The molecular formula is C23H22ClF3N6O. The first-order valence-electron chi connectivity index (χ1n) is 10.4. The standard InChI is InChI=1S/C23H22ClF3N6O/c1-12-8-18(23(25,26)27)20-13(2)30-33(22(20)28-12)11-19(34)29-21-14(3)31-32(15(21)4)10-16-6-5-7-17(24)9-16/h5-9H,10-11H2,1-4H3,(H,29,34). The maximum atomic E-state index is 13.5. The monoisotopic (exact) mass is 490 g/mol. The number of pyridine rings is 1. The van der Waals surface area contributed by atoms with Gasteiger partial charge in [-0.1, -0.05) is 23.7 Å². The molecule has 4 rings (SSSR count). The van der Waals surface area contributed by atoms with Crippen molar-refractivity contribution < 1.29 is 18.0 Å². The van der Waals surface area contributed by atoms with E-state index in [1.54, 1.807) is 17.7 Å². The van der Waals surface area contributed by atoms with Crippen molar-refractivity contribution in [3.63, 3.8) is 0 Å². The number of hydrogen-bond acceptors (Lipinski definition) is 4. The molecule has 11 heteroatoms. The van der Waals surface area contributed by atoms with Crippen molar-refractivity contribution >= 4 is 34.2 Å². The number of benzene rings is 1. The molecule has 3 aromatic heterocycles. The van der Waals surface area contributed by atoms with Crippen molar-refractivity contribution in [1.29, 1.82) is 0 Å². The quantitative estimate of drug-likeness (QED) is 0.416. The van der Waals surface area contributed by atoms with Crippen LogP contribution >= 0.6 is 11.6 Å². The van der Waals surface area contributed by atoms with E-state index < -0.39 is 17.6 Å². The van der Waals surface area contributed by atoms with Crippen LogP contribution in [0.1, 0.15) is 33.9 Å². The van der Waals surface area contributed by atoms with Crippen molar-refractivity contribution in [2.45, 2.75) is 47.0 Å².